The second kappa shape index (κ2) is 9.08. The average molecular weight is 456 g/mol. The molecule has 0 amide bonds. The molecule has 0 aliphatic carbocycles. The highest BCUT2D eigenvalue weighted by Gasteiger charge is 2.42. The van der Waals surface area contributed by atoms with Gasteiger partial charge in [0.25, 0.3) is 10.0 Å². The first-order chi connectivity index (χ1) is 14.6. The summed E-state index contributed by atoms with van der Waals surface area (Å²) in [4.78, 5) is 15.8. The number of hydroxylamine groups is 2. The van der Waals surface area contributed by atoms with Crippen LogP contribution >= 0.6 is 0 Å². The minimum Gasteiger partial charge on any atom is -0.383 e. The molecule has 7 nitrogen and oxygen atoms in total. The Morgan fingerprint density at radius 2 is 1.77 bits per heavy atom. The third-order valence-corrected chi connectivity index (χ3v) is 6.13. The van der Waals surface area contributed by atoms with Gasteiger partial charge in [0.05, 0.1) is 30.1 Å². The van der Waals surface area contributed by atoms with Crippen molar-refractivity contribution in [3.05, 3.63) is 66.4 Å². The van der Waals surface area contributed by atoms with Gasteiger partial charge in [0, 0.05) is 18.7 Å². The number of hydrogen-bond acceptors (Lipinski definition) is 6. The number of methoxy groups -OCH3 is 1. The monoisotopic (exact) mass is 456 g/mol. The topological polar surface area (TPSA) is 77.8 Å². The van der Waals surface area contributed by atoms with E-state index in [1.807, 2.05) is 0 Å². The summed E-state index contributed by atoms with van der Waals surface area (Å²) in [5.74, 6) is -2.35. The number of ether oxygens (including phenoxy) is 1. The van der Waals surface area contributed by atoms with Crippen LogP contribution in [0.1, 0.15) is 5.56 Å². The number of alkyl halides is 3. The Morgan fingerprint density at radius 3 is 2.42 bits per heavy atom. The first kappa shape index (κ1) is 22.8. The van der Waals surface area contributed by atoms with Crippen LogP contribution < -0.4 is 0 Å². The molecule has 0 saturated carbocycles. The zero-order valence-corrected chi connectivity index (χ0v) is 17.2. The number of fused-ring (bicyclic) bond motifs is 1. The molecule has 0 N–H and O–H groups in total. The molecule has 0 unspecified atom stereocenters. The van der Waals surface area contributed by atoms with Crippen molar-refractivity contribution in [2.75, 3.05) is 20.3 Å². The lowest BCUT2D eigenvalue weighted by Gasteiger charge is -2.22. The second-order valence-electron chi connectivity index (χ2n) is 6.51. The molecule has 11 heteroatoms. The molecule has 1 heterocycles. The largest absolute Gasteiger partial charge is 0.492 e. The van der Waals surface area contributed by atoms with Gasteiger partial charge >= 0.3 is 12.1 Å². The van der Waals surface area contributed by atoms with E-state index in [4.69, 9.17) is 4.74 Å². The van der Waals surface area contributed by atoms with Crippen molar-refractivity contribution >= 4 is 26.9 Å². The fraction of sp³-hybridized carbons (Fsp3) is 0.250. The van der Waals surface area contributed by atoms with Crippen LogP contribution in [-0.2, 0) is 30.9 Å². The number of benzene rings is 2. The summed E-state index contributed by atoms with van der Waals surface area (Å²) in [6.45, 7) is -0.292. The molecule has 0 bridgehead atoms. The van der Waals surface area contributed by atoms with Crippen molar-refractivity contribution in [1.29, 1.82) is 0 Å². The number of aromatic nitrogens is 1. The lowest BCUT2D eigenvalue weighted by atomic mass is 10.1. The van der Waals surface area contributed by atoms with Crippen molar-refractivity contribution in [3.63, 3.8) is 0 Å². The van der Waals surface area contributed by atoms with Gasteiger partial charge in [-0.25, -0.2) is 17.2 Å². The zero-order valence-electron chi connectivity index (χ0n) is 16.4. The number of hydrogen-bond donors (Lipinski definition) is 0. The predicted octanol–water partition coefficient (Wildman–Crippen LogP) is 3.35. The maximum atomic E-state index is 13.0. The summed E-state index contributed by atoms with van der Waals surface area (Å²) >= 11 is 0. The maximum Gasteiger partial charge on any atom is 0.492 e. The molecule has 31 heavy (non-hydrogen) atoms. The first-order valence-electron chi connectivity index (χ1n) is 9.07. The van der Waals surface area contributed by atoms with Gasteiger partial charge in [0.1, 0.15) is 0 Å². The molecule has 1 aromatic heterocycles. The number of rotatable bonds is 8. The lowest BCUT2D eigenvalue weighted by molar-refractivity contribution is -0.242. The van der Waals surface area contributed by atoms with Gasteiger partial charge in [-0.15, -0.1) is 5.06 Å². The van der Waals surface area contributed by atoms with Crippen LogP contribution in [0.25, 0.3) is 10.9 Å². The van der Waals surface area contributed by atoms with Crippen molar-refractivity contribution in [3.8, 4) is 0 Å². The molecule has 0 spiro atoms. The van der Waals surface area contributed by atoms with Crippen LogP contribution in [0.5, 0.6) is 0 Å². The summed E-state index contributed by atoms with van der Waals surface area (Å²) in [5.41, 5.74) is 0.820. The van der Waals surface area contributed by atoms with Crippen LogP contribution in [0.3, 0.4) is 0 Å². The van der Waals surface area contributed by atoms with E-state index in [-0.39, 0.29) is 24.6 Å². The summed E-state index contributed by atoms with van der Waals surface area (Å²) in [7, 11) is -2.51. The predicted molar refractivity (Wildman–Crippen MR) is 105 cm³/mol. The molecule has 3 rings (SSSR count). The van der Waals surface area contributed by atoms with E-state index in [1.54, 1.807) is 42.5 Å². The third kappa shape index (κ3) is 5.06. The molecule has 2 aromatic carbocycles. The Bertz CT molecular complexity index is 1160. The SMILES string of the molecule is COCCN(Cc1cccc2c1ccn2S(=O)(=O)c1ccccc1)OC(=O)C(F)(F)F. The highest BCUT2D eigenvalue weighted by atomic mass is 32.2. The summed E-state index contributed by atoms with van der Waals surface area (Å²) in [6, 6.07) is 14.2. The van der Waals surface area contributed by atoms with Crippen LogP contribution in [0.4, 0.5) is 13.2 Å². The van der Waals surface area contributed by atoms with E-state index in [1.165, 1.54) is 25.4 Å². The van der Waals surface area contributed by atoms with E-state index >= 15 is 0 Å². The number of carbonyl (C=O) groups is 1. The molecular weight excluding hydrogens is 437 g/mol. The standard InChI is InChI=1S/C20H19F3N2O5S/c1-29-13-12-24(30-19(26)20(21,22)23)14-15-6-5-9-18-17(15)10-11-25(18)31(27,28)16-7-3-2-4-8-16/h2-11H,12-14H2,1H3. The molecule has 166 valence electrons. The molecular formula is C20H19F3N2O5S. The Morgan fingerprint density at radius 1 is 1.06 bits per heavy atom. The van der Waals surface area contributed by atoms with Crippen molar-refractivity contribution < 1.29 is 36.0 Å². The number of halogens is 3. The minimum atomic E-state index is -5.15. The number of nitrogens with zero attached hydrogens (tertiary/aromatic N) is 2. The normalized spacial score (nSPS) is 12.4. The zero-order chi connectivity index (χ0) is 22.6. The van der Waals surface area contributed by atoms with E-state index in [9.17, 15) is 26.4 Å². The van der Waals surface area contributed by atoms with Gasteiger partial charge in [-0.3, -0.25) is 0 Å². The van der Waals surface area contributed by atoms with Gasteiger partial charge in [-0.05, 0) is 29.8 Å². The molecule has 0 saturated heterocycles. The van der Waals surface area contributed by atoms with E-state index < -0.39 is 22.2 Å². The van der Waals surface area contributed by atoms with Crippen LogP contribution in [0.15, 0.2) is 65.7 Å². The lowest BCUT2D eigenvalue weighted by Crippen LogP contribution is -2.36. The minimum absolute atomic E-state index is 0.0184. The maximum absolute atomic E-state index is 13.0. The summed E-state index contributed by atoms with van der Waals surface area (Å²) in [5, 5.41) is 1.32. The molecule has 0 fully saturated rings. The molecule has 0 radical (unpaired) electrons. The first-order valence-corrected chi connectivity index (χ1v) is 10.5. The number of carbonyl (C=O) groups excluding carboxylic acids is 1. The molecule has 0 aliphatic heterocycles. The Kier molecular flexibility index (Phi) is 6.68. The third-order valence-electron chi connectivity index (χ3n) is 4.42. The fourth-order valence-electron chi connectivity index (χ4n) is 2.97. The van der Waals surface area contributed by atoms with E-state index in [0.717, 1.165) is 9.04 Å². The van der Waals surface area contributed by atoms with Crippen LogP contribution in [-0.4, -0.2) is 49.9 Å². The second-order valence-corrected chi connectivity index (χ2v) is 8.33. The van der Waals surface area contributed by atoms with Gasteiger partial charge in [-0.2, -0.15) is 13.2 Å². The van der Waals surface area contributed by atoms with Crippen molar-refractivity contribution in [2.24, 2.45) is 0 Å². The smallest absolute Gasteiger partial charge is 0.383 e. The quantitative estimate of drug-likeness (QED) is 0.484. The van der Waals surface area contributed by atoms with E-state index in [2.05, 4.69) is 4.84 Å². The van der Waals surface area contributed by atoms with Gasteiger partial charge in [0.15, 0.2) is 0 Å². The van der Waals surface area contributed by atoms with Crippen LogP contribution in [0.2, 0.25) is 0 Å². The Labute approximate surface area is 176 Å². The van der Waals surface area contributed by atoms with Crippen molar-refractivity contribution in [2.45, 2.75) is 17.6 Å². The summed E-state index contributed by atoms with van der Waals surface area (Å²) in [6.07, 6.45) is -3.78. The van der Waals surface area contributed by atoms with Gasteiger partial charge < -0.3 is 9.57 Å². The fourth-order valence-corrected chi connectivity index (χ4v) is 4.34. The van der Waals surface area contributed by atoms with E-state index in [0.29, 0.717) is 16.5 Å². The Balaban J connectivity index is 1.95. The molecule has 0 aliphatic rings. The van der Waals surface area contributed by atoms with Crippen LogP contribution in [0, 0.1) is 0 Å². The molecule has 3 aromatic rings. The summed E-state index contributed by atoms with van der Waals surface area (Å²) < 4.78 is 69.8. The average Bonchev–Trinajstić information content (AvgIpc) is 3.18. The van der Waals surface area contributed by atoms with Crippen molar-refractivity contribution in [1.82, 2.24) is 9.04 Å². The van der Waals surface area contributed by atoms with Gasteiger partial charge in [-0.1, -0.05) is 30.3 Å². The Hall–Kier alpha value is -2.89. The van der Waals surface area contributed by atoms with Gasteiger partial charge in [0.2, 0.25) is 0 Å². The highest BCUT2D eigenvalue weighted by Crippen LogP contribution is 2.26. The molecule has 0 atom stereocenters. The highest BCUT2D eigenvalue weighted by molar-refractivity contribution is 7.90.